The number of aryl methyl sites for hydroxylation is 1. The van der Waals surface area contributed by atoms with E-state index in [2.05, 4.69) is 17.5 Å². The Labute approximate surface area is 166 Å². The van der Waals surface area contributed by atoms with Crippen molar-refractivity contribution >= 4 is 6.09 Å². The number of nitrogens with one attached hydrogen (secondary N) is 1. The summed E-state index contributed by atoms with van der Waals surface area (Å²) in [6.07, 6.45) is 2.49. The van der Waals surface area contributed by atoms with Crippen molar-refractivity contribution in [3.63, 3.8) is 0 Å². The Bertz CT molecular complexity index is 893. The molecule has 0 fully saturated rings. The van der Waals surface area contributed by atoms with E-state index in [1.165, 1.54) is 5.56 Å². The van der Waals surface area contributed by atoms with Crippen LogP contribution in [0, 0.1) is 11.3 Å². The zero-order valence-corrected chi connectivity index (χ0v) is 16.6. The molecule has 0 heterocycles. The largest absolute Gasteiger partial charge is 0.489 e. The lowest BCUT2D eigenvalue weighted by Crippen LogP contribution is -2.36. The van der Waals surface area contributed by atoms with Gasteiger partial charge < -0.3 is 14.8 Å². The van der Waals surface area contributed by atoms with Crippen LogP contribution in [-0.2, 0) is 17.8 Å². The van der Waals surface area contributed by atoms with Gasteiger partial charge in [-0.3, -0.25) is 0 Å². The summed E-state index contributed by atoms with van der Waals surface area (Å²) in [6, 6.07) is 15.5. The number of hydrogen-bond acceptors (Lipinski definition) is 4. The summed E-state index contributed by atoms with van der Waals surface area (Å²) in [7, 11) is 0. The summed E-state index contributed by atoms with van der Waals surface area (Å²) in [5, 5.41) is 12.0. The summed E-state index contributed by atoms with van der Waals surface area (Å²) in [5.74, 6) is 0.749. The summed E-state index contributed by atoms with van der Waals surface area (Å²) in [4.78, 5) is 12.2. The van der Waals surface area contributed by atoms with E-state index in [4.69, 9.17) is 14.7 Å². The van der Waals surface area contributed by atoms with E-state index in [9.17, 15) is 4.79 Å². The zero-order chi connectivity index (χ0) is 20.1. The van der Waals surface area contributed by atoms with Crippen molar-refractivity contribution in [3.8, 4) is 11.8 Å². The van der Waals surface area contributed by atoms with Gasteiger partial charge in [-0.2, -0.15) is 5.26 Å². The lowest BCUT2D eigenvalue weighted by atomic mass is 9.87. The molecule has 0 radical (unpaired) electrons. The van der Waals surface area contributed by atoms with Crippen molar-refractivity contribution in [1.82, 2.24) is 5.32 Å². The predicted molar refractivity (Wildman–Crippen MR) is 107 cm³/mol. The van der Waals surface area contributed by atoms with Crippen molar-refractivity contribution in [2.45, 2.75) is 58.3 Å². The Morgan fingerprint density at radius 2 is 2.07 bits per heavy atom. The summed E-state index contributed by atoms with van der Waals surface area (Å²) < 4.78 is 11.3. The number of ether oxygens (including phenoxy) is 2. The maximum atomic E-state index is 12.2. The van der Waals surface area contributed by atoms with Gasteiger partial charge in [-0.25, -0.2) is 4.79 Å². The third kappa shape index (κ3) is 5.26. The molecule has 5 heteroatoms. The third-order valence-corrected chi connectivity index (χ3v) is 4.58. The fraction of sp³-hybridized carbons (Fsp3) is 0.391. The van der Waals surface area contributed by atoms with Gasteiger partial charge >= 0.3 is 6.09 Å². The zero-order valence-electron chi connectivity index (χ0n) is 16.6. The maximum Gasteiger partial charge on any atom is 0.408 e. The van der Waals surface area contributed by atoms with Gasteiger partial charge in [0.15, 0.2) is 0 Å². The molecular formula is C23H26N2O3. The van der Waals surface area contributed by atoms with Crippen LogP contribution in [0.3, 0.4) is 0 Å². The molecule has 0 bridgehead atoms. The SMILES string of the molecule is CC(C)(C)OC(=O)NC1CCCc2ccc(OCc3cccc(C#N)c3)cc21. The molecule has 0 aliphatic heterocycles. The smallest absolute Gasteiger partial charge is 0.408 e. The molecule has 3 rings (SSSR count). The minimum absolute atomic E-state index is 0.0796. The van der Waals surface area contributed by atoms with Crippen LogP contribution in [0.25, 0.3) is 0 Å². The maximum absolute atomic E-state index is 12.2. The van der Waals surface area contributed by atoms with E-state index >= 15 is 0 Å². The number of rotatable bonds is 4. The first-order valence-electron chi connectivity index (χ1n) is 9.58. The standard InChI is InChI=1S/C23H26N2O3/c1-23(2,3)28-22(26)25-21-9-5-8-18-10-11-19(13-20(18)21)27-15-17-7-4-6-16(12-17)14-24/h4,6-7,10-13,21H,5,8-9,15H2,1-3H3,(H,25,26). The normalized spacial score (nSPS) is 15.9. The minimum atomic E-state index is -0.523. The predicted octanol–water partition coefficient (Wildman–Crippen LogP) is 5.04. The second kappa shape index (κ2) is 8.35. The van der Waals surface area contributed by atoms with Crippen LogP contribution in [0.1, 0.15) is 61.9 Å². The molecule has 1 atom stereocenters. The van der Waals surface area contributed by atoms with Crippen LogP contribution in [0.5, 0.6) is 5.75 Å². The number of carbonyl (C=O) groups excluding carboxylic acids is 1. The number of amides is 1. The van der Waals surface area contributed by atoms with Crippen LogP contribution in [0.2, 0.25) is 0 Å². The average molecular weight is 378 g/mol. The highest BCUT2D eigenvalue weighted by Gasteiger charge is 2.25. The molecular weight excluding hydrogens is 352 g/mol. The van der Waals surface area contributed by atoms with Gasteiger partial charge in [0.1, 0.15) is 18.0 Å². The van der Waals surface area contributed by atoms with Crippen LogP contribution in [0.15, 0.2) is 42.5 Å². The highest BCUT2D eigenvalue weighted by Crippen LogP contribution is 2.33. The van der Waals surface area contributed by atoms with Crippen LogP contribution in [-0.4, -0.2) is 11.7 Å². The van der Waals surface area contributed by atoms with Crippen molar-refractivity contribution in [1.29, 1.82) is 5.26 Å². The van der Waals surface area contributed by atoms with Gasteiger partial charge in [0.25, 0.3) is 0 Å². The molecule has 1 N–H and O–H groups in total. The molecule has 0 saturated heterocycles. The minimum Gasteiger partial charge on any atom is -0.489 e. The number of nitrogens with zero attached hydrogens (tertiary/aromatic N) is 1. The fourth-order valence-electron chi connectivity index (χ4n) is 3.36. The number of alkyl carbamates (subject to hydrolysis) is 1. The highest BCUT2D eigenvalue weighted by molar-refractivity contribution is 5.68. The molecule has 5 nitrogen and oxygen atoms in total. The van der Waals surface area contributed by atoms with E-state index in [-0.39, 0.29) is 6.04 Å². The summed E-state index contributed by atoms with van der Waals surface area (Å²) in [5.41, 5.74) is 3.35. The van der Waals surface area contributed by atoms with Crippen LogP contribution >= 0.6 is 0 Å². The number of benzene rings is 2. The molecule has 1 aliphatic rings. The van der Waals surface area contributed by atoms with E-state index in [0.29, 0.717) is 12.2 Å². The Hall–Kier alpha value is -3.00. The van der Waals surface area contributed by atoms with Crippen molar-refractivity contribution in [3.05, 3.63) is 64.7 Å². The Morgan fingerprint density at radius 3 is 2.82 bits per heavy atom. The van der Waals surface area contributed by atoms with Gasteiger partial charge in [-0.05, 0) is 81.0 Å². The van der Waals surface area contributed by atoms with Gasteiger partial charge in [0.2, 0.25) is 0 Å². The highest BCUT2D eigenvalue weighted by atomic mass is 16.6. The number of hydrogen-bond donors (Lipinski definition) is 1. The van der Waals surface area contributed by atoms with E-state index in [1.807, 2.05) is 51.1 Å². The molecule has 0 aromatic heterocycles. The Kier molecular flexibility index (Phi) is 5.89. The van der Waals surface area contributed by atoms with Crippen molar-refractivity contribution in [2.24, 2.45) is 0 Å². The van der Waals surface area contributed by atoms with Crippen LogP contribution in [0.4, 0.5) is 4.79 Å². The Balaban J connectivity index is 1.71. The van der Waals surface area contributed by atoms with Gasteiger partial charge in [0, 0.05) is 0 Å². The first kappa shape index (κ1) is 19.8. The number of nitriles is 1. The average Bonchev–Trinajstić information content (AvgIpc) is 2.65. The lowest BCUT2D eigenvalue weighted by Gasteiger charge is -2.28. The van der Waals surface area contributed by atoms with Crippen molar-refractivity contribution < 1.29 is 14.3 Å². The Morgan fingerprint density at radius 1 is 1.25 bits per heavy atom. The van der Waals surface area contributed by atoms with Gasteiger partial charge in [-0.1, -0.05) is 18.2 Å². The number of fused-ring (bicyclic) bond motifs is 1. The molecule has 1 aliphatic carbocycles. The second-order valence-corrected chi connectivity index (χ2v) is 8.05. The lowest BCUT2D eigenvalue weighted by molar-refractivity contribution is 0.0498. The molecule has 146 valence electrons. The molecule has 2 aromatic carbocycles. The van der Waals surface area contributed by atoms with Gasteiger partial charge in [-0.15, -0.1) is 0 Å². The molecule has 1 unspecified atom stereocenters. The van der Waals surface area contributed by atoms with Gasteiger partial charge in [0.05, 0.1) is 17.7 Å². The molecule has 1 amide bonds. The fourth-order valence-corrected chi connectivity index (χ4v) is 3.36. The quantitative estimate of drug-likeness (QED) is 0.809. The topological polar surface area (TPSA) is 71.3 Å². The number of carbonyl (C=O) groups is 1. The molecule has 0 spiro atoms. The molecule has 2 aromatic rings. The first-order chi connectivity index (χ1) is 13.3. The molecule has 0 saturated carbocycles. The molecule has 28 heavy (non-hydrogen) atoms. The van der Waals surface area contributed by atoms with E-state index in [0.717, 1.165) is 36.1 Å². The third-order valence-electron chi connectivity index (χ3n) is 4.58. The van der Waals surface area contributed by atoms with Crippen LogP contribution < -0.4 is 10.1 Å². The van der Waals surface area contributed by atoms with E-state index < -0.39 is 11.7 Å². The second-order valence-electron chi connectivity index (χ2n) is 8.05. The van der Waals surface area contributed by atoms with E-state index in [1.54, 1.807) is 6.07 Å². The monoisotopic (exact) mass is 378 g/mol. The summed E-state index contributed by atoms with van der Waals surface area (Å²) in [6.45, 7) is 5.95. The first-order valence-corrected chi connectivity index (χ1v) is 9.58. The van der Waals surface area contributed by atoms with Crippen molar-refractivity contribution in [2.75, 3.05) is 0 Å². The summed E-state index contributed by atoms with van der Waals surface area (Å²) >= 11 is 0.